The number of rotatable bonds is 6. The molecule has 0 saturated heterocycles. The molecule has 0 aromatic heterocycles. The molecule has 4 heteroatoms. The predicted octanol–water partition coefficient (Wildman–Crippen LogP) is 5.85. The van der Waals surface area contributed by atoms with Crippen LogP contribution in [0.25, 0.3) is 11.1 Å². The first kappa shape index (κ1) is 21.9. The summed E-state index contributed by atoms with van der Waals surface area (Å²) in [6, 6.07) is 34.6. The van der Waals surface area contributed by atoms with Crippen molar-refractivity contribution in [3.63, 3.8) is 0 Å². The van der Waals surface area contributed by atoms with Crippen LogP contribution in [0.2, 0.25) is 0 Å². The Bertz CT molecular complexity index is 1200. The molecule has 0 radical (unpaired) electrons. The molecule has 5 rings (SSSR count). The maximum Gasteiger partial charge on any atom is 0.407 e. The summed E-state index contributed by atoms with van der Waals surface area (Å²) in [5.74, 6) is -0.0180. The Hall–Kier alpha value is -3.89. The quantitative estimate of drug-likeness (QED) is 0.388. The summed E-state index contributed by atoms with van der Waals surface area (Å²) in [5, 5.41) is 14.7. The van der Waals surface area contributed by atoms with Gasteiger partial charge in [-0.2, -0.15) is 0 Å². The number of hydrogen-bond donors (Lipinski definition) is 2. The minimum Gasteiger partial charge on any atom is -0.449 e. The first-order valence-electron chi connectivity index (χ1n) is 11.5. The number of benzene rings is 4. The van der Waals surface area contributed by atoms with Crippen LogP contribution in [0.1, 0.15) is 35.1 Å². The van der Waals surface area contributed by atoms with Gasteiger partial charge in [0.05, 0.1) is 6.04 Å². The highest BCUT2D eigenvalue weighted by molar-refractivity contribution is 5.79. The van der Waals surface area contributed by atoms with Crippen LogP contribution in [-0.4, -0.2) is 23.8 Å². The third kappa shape index (κ3) is 3.87. The number of alkyl carbamates (subject to hydrolysis) is 1. The first-order valence-corrected chi connectivity index (χ1v) is 11.5. The maximum atomic E-state index is 12.9. The van der Waals surface area contributed by atoms with E-state index >= 15 is 0 Å². The predicted molar refractivity (Wildman–Crippen MR) is 134 cm³/mol. The topological polar surface area (TPSA) is 58.6 Å². The SMILES string of the molecule is C[C@@H](NC(=O)OCC1c2ccccc2-c2ccccc21)C(O)(c1ccccc1)c1ccccc1. The van der Waals surface area contributed by atoms with Crippen LogP contribution in [0.5, 0.6) is 0 Å². The molecule has 1 atom stereocenters. The van der Waals surface area contributed by atoms with Gasteiger partial charge < -0.3 is 15.2 Å². The lowest BCUT2D eigenvalue weighted by Gasteiger charge is -2.35. The molecule has 0 unspecified atom stereocenters. The van der Waals surface area contributed by atoms with Crippen molar-refractivity contribution in [2.24, 2.45) is 0 Å². The van der Waals surface area contributed by atoms with E-state index in [4.69, 9.17) is 4.74 Å². The Kier molecular flexibility index (Phi) is 5.91. The summed E-state index contributed by atoms with van der Waals surface area (Å²) in [7, 11) is 0. The summed E-state index contributed by atoms with van der Waals surface area (Å²) >= 11 is 0. The van der Waals surface area contributed by atoms with Crippen molar-refractivity contribution in [3.05, 3.63) is 131 Å². The van der Waals surface area contributed by atoms with Gasteiger partial charge >= 0.3 is 6.09 Å². The highest BCUT2D eigenvalue weighted by Gasteiger charge is 2.39. The fraction of sp³-hybridized carbons (Fsp3) is 0.167. The van der Waals surface area contributed by atoms with Crippen molar-refractivity contribution in [2.75, 3.05) is 6.61 Å². The fourth-order valence-corrected chi connectivity index (χ4v) is 4.97. The van der Waals surface area contributed by atoms with E-state index in [0.29, 0.717) is 11.1 Å². The van der Waals surface area contributed by atoms with Gasteiger partial charge in [0, 0.05) is 5.92 Å². The smallest absolute Gasteiger partial charge is 0.407 e. The lowest BCUT2D eigenvalue weighted by atomic mass is 9.81. The van der Waals surface area contributed by atoms with Gasteiger partial charge in [0.25, 0.3) is 0 Å². The van der Waals surface area contributed by atoms with Crippen molar-refractivity contribution < 1.29 is 14.6 Å². The summed E-state index contributed by atoms with van der Waals surface area (Å²) in [4.78, 5) is 12.9. The van der Waals surface area contributed by atoms with Crippen molar-refractivity contribution in [1.82, 2.24) is 5.32 Å². The lowest BCUT2D eigenvalue weighted by molar-refractivity contribution is 0.0400. The van der Waals surface area contributed by atoms with E-state index in [2.05, 4.69) is 29.6 Å². The number of carbonyl (C=O) groups excluding carboxylic acids is 1. The second kappa shape index (κ2) is 9.16. The van der Waals surface area contributed by atoms with Gasteiger partial charge in [-0.25, -0.2) is 4.79 Å². The van der Waals surface area contributed by atoms with Crippen LogP contribution in [-0.2, 0) is 10.3 Å². The number of aliphatic hydroxyl groups is 1. The third-order valence-electron chi connectivity index (χ3n) is 6.73. The molecule has 4 nitrogen and oxygen atoms in total. The molecule has 0 saturated carbocycles. The largest absolute Gasteiger partial charge is 0.449 e. The normalized spacial score (nSPS) is 13.6. The molecule has 4 aromatic carbocycles. The van der Waals surface area contributed by atoms with Crippen LogP contribution in [0.3, 0.4) is 0 Å². The maximum absolute atomic E-state index is 12.9. The van der Waals surface area contributed by atoms with Crippen LogP contribution in [0, 0.1) is 0 Å². The van der Waals surface area contributed by atoms with Gasteiger partial charge in [0.15, 0.2) is 0 Å². The molecule has 0 heterocycles. The number of nitrogens with one attached hydrogen (secondary N) is 1. The summed E-state index contributed by atoms with van der Waals surface area (Å²) in [6.45, 7) is 2.02. The van der Waals surface area contributed by atoms with E-state index in [0.717, 1.165) is 11.1 Å². The van der Waals surface area contributed by atoms with Gasteiger partial charge in [-0.05, 0) is 40.3 Å². The molecule has 0 aliphatic heterocycles. The fourth-order valence-electron chi connectivity index (χ4n) is 4.97. The van der Waals surface area contributed by atoms with Gasteiger partial charge in [0.2, 0.25) is 0 Å². The van der Waals surface area contributed by atoms with E-state index in [1.54, 1.807) is 6.92 Å². The molecule has 2 N–H and O–H groups in total. The number of fused-ring (bicyclic) bond motifs is 3. The lowest BCUT2D eigenvalue weighted by Crippen LogP contribution is -2.50. The second-order valence-electron chi connectivity index (χ2n) is 8.69. The number of hydrogen-bond acceptors (Lipinski definition) is 3. The number of carbonyl (C=O) groups is 1. The van der Waals surface area contributed by atoms with E-state index < -0.39 is 17.7 Å². The summed E-state index contributed by atoms with van der Waals surface area (Å²) in [5.41, 5.74) is 4.68. The Labute approximate surface area is 199 Å². The van der Waals surface area contributed by atoms with E-state index in [-0.39, 0.29) is 12.5 Å². The molecular formula is C30H27NO3. The van der Waals surface area contributed by atoms with Crippen molar-refractivity contribution >= 4 is 6.09 Å². The molecular weight excluding hydrogens is 422 g/mol. The third-order valence-corrected chi connectivity index (χ3v) is 6.73. The molecule has 34 heavy (non-hydrogen) atoms. The molecule has 170 valence electrons. The molecule has 1 amide bonds. The standard InChI is InChI=1S/C30H27NO3/c1-21(30(33,22-12-4-2-5-13-22)23-14-6-3-7-15-23)31-29(32)34-20-28-26-18-10-8-16-24(26)25-17-9-11-19-27(25)28/h2-19,21,28,33H,20H2,1H3,(H,31,32)/t21-/m1/s1. The molecule has 0 fully saturated rings. The highest BCUT2D eigenvalue weighted by Crippen LogP contribution is 2.44. The zero-order valence-corrected chi connectivity index (χ0v) is 19.0. The van der Waals surface area contributed by atoms with Crippen LogP contribution < -0.4 is 5.32 Å². The van der Waals surface area contributed by atoms with Gasteiger partial charge in [-0.1, -0.05) is 109 Å². The summed E-state index contributed by atoms with van der Waals surface area (Å²) in [6.07, 6.45) is -0.556. The zero-order chi connectivity index (χ0) is 23.5. The highest BCUT2D eigenvalue weighted by atomic mass is 16.5. The average molecular weight is 450 g/mol. The van der Waals surface area contributed by atoms with E-state index in [1.807, 2.05) is 84.9 Å². The Balaban J connectivity index is 1.34. The van der Waals surface area contributed by atoms with Gasteiger partial charge in [-0.15, -0.1) is 0 Å². The minimum absolute atomic E-state index is 0.0180. The number of amides is 1. The number of ether oxygens (including phenoxy) is 1. The zero-order valence-electron chi connectivity index (χ0n) is 19.0. The Morgan fingerprint density at radius 2 is 1.24 bits per heavy atom. The van der Waals surface area contributed by atoms with Crippen molar-refractivity contribution in [3.8, 4) is 11.1 Å². The first-order chi connectivity index (χ1) is 16.6. The van der Waals surface area contributed by atoms with E-state index in [9.17, 15) is 9.90 Å². The summed E-state index contributed by atoms with van der Waals surface area (Å²) < 4.78 is 5.72. The van der Waals surface area contributed by atoms with Crippen LogP contribution in [0.4, 0.5) is 4.79 Å². The minimum atomic E-state index is -1.41. The molecule has 1 aliphatic rings. The van der Waals surface area contributed by atoms with Crippen LogP contribution in [0.15, 0.2) is 109 Å². The van der Waals surface area contributed by atoms with Gasteiger partial charge in [-0.3, -0.25) is 0 Å². The second-order valence-corrected chi connectivity index (χ2v) is 8.69. The Morgan fingerprint density at radius 3 is 1.74 bits per heavy atom. The monoisotopic (exact) mass is 449 g/mol. The molecule has 0 spiro atoms. The van der Waals surface area contributed by atoms with Crippen molar-refractivity contribution in [2.45, 2.75) is 24.5 Å². The average Bonchev–Trinajstić information content (AvgIpc) is 3.21. The molecule has 1 aliphatic carbocycles. The van der Waals surface area contributed by atoms with Gasteiger partial charge in [0.1, 0.15) is 12.2 Å². The molecule has 4 aromatic rings. The van der Waals surface area contributed by atoms with E-state index in [1.165, 1.54) is 11.1 Å². The molecule has 0 bridgehead atoms. The van der Waals surface area contributed by atoms with Crippen LogP contribution >= 0.6 is 0 Å². The Morgan fingerprint density at radius 1 is 0.794 bits per heavy atom. The van der Waals surface area contributed by atoms with Crippen molar-refractivity contribution in [1.29, 1.82) is 0 Å².